The molecular formula is C19H19N5O2. The number of benzene rings is 2. The lowest BCUT2D eigenvalue weighted by molar-refractivity contribution is 0.100. The second-order valence-corrected chi connectivity index (χ2v) is 5.51. The van der Waals surface area contributed by atoms with Crippen LogP contribution >= 0.6 is 0 Å². The van der Waals surface area contributed by atoms with Crippen LogP contribution in [0.5, 0.6) is 5.75 Å². The van der Waals surface area contributed by atoms with Crippen LogP contribution in [0.15, 0.2) is 60.8 Å². The molecule has 0 aliphatic rings. The predicted molar refractivity (Wildman–Crippen MR) is 101 cm³/mol. The van der Waals surface area contributed by atoms with Gasteiger partial charge in [-0.3, -0.25) is 4.79 Å². The molecular weight excluding hydrogens is 330 g/mol. The molecule has 0 aliphatic heterocycles. The number of nitrogens with two attached hydrogens (primary N) is 1. The second kappa shape index (κ2) is 7.98. The number of ether oxygens (including phenoxy) is 1. The topological polar surface area (TPSA) is 102 Å². The molecule has 0 aliphatic carbocycles. The molecule has 3 rings (SSSR count). The highest BCUT2D eigenvalue weighted by atomic mass is 16.5. The van der Waals surface area contributed by atoms with E-state index in [1.807, 2.05) is 54.6 Å². The van der Waals surface area contributed by atoms with Crippen LogP contribution in [0.1, 0.15) is 15.9 Å². The Hall–Kier alpha value is -3.61. The van der Waals surface area contributed by atoms with Crippen LogP contribution in [0.2, 0.25) is 0 Å². The Morgan fingerprint density at radius 2 is 1.85 bits per heavy atom. The lowest BCUT2D eigenvalue weighted by atomic mass is 10.2. The van der Waals surface area contributed by atoms with E-state index < -0.39 is 5.91 Å². The van der Waals surface area contributed by atoms with E-state index in [1.165, 1.54) is 6.20 Å². The number of hydrogen-bond donors (Lipinski definition) is 3. The highest BCUT2D eigenvalue weighted by Crippen LogP contribution is 2.20. The van der Waals surface area contributed by atoms with Crippen LogP contribution in [-0.4, -0.2) is 23.0 Å². The van der Waals surface area contributed by atoms with Gasteiger partial charge in [0.1, 0.15) is 11.6 Å². The van der Waals surface area contributed by atoms with Crippen molar-refractivity contribution in [2.24, 2.45) is 5.73 Å². The number of primary amides is 1. The Balaban J connectivity index is 1.79. The molecule has 132 valence electrons. The lowest BCUT2D eigenvalue weighted by Gasteiger charge is -2.12. The summed E-state index contributed by atoms with van der Waals surface area (Å²) >= 11 is 0. The standard InChI is InChI=1S/C19H19N5O2/c1-26-15-9-7-14(8-10-15)23-19-22-12-16(17(20)25)18(24-19)21-11-13-5-3-2-4-6-13/h2-10,12H,11H2,1H3,(H2,20,25)(H2,21,22,23,24). The number of nitrogens with zero attached hydrogens (tertiary/aromatic N) is 2. The van der Waals surface area contributed by atoms with Gasteiger partial charge < -0.3 is 21.1 Å². The first-order chi connectivity index (χ1) is 12.7. The minimum absolute atomic E-state index is 0.237. The zero-order valence-corrected chi connectivity index (χ0v) is 14.3. The smallest absolute Gasteiger partial charge is 0.254 e. The zero-order chi connectivity index (χ0) is 18.4. The molecule has 1 heterocycles. The predicted octanol–water partition coefficient (Wildman–Crippen LogP) is 2.94. The number of nitrogens with one attached hydrogen (secondary N) is 2. The third kappa shape index (κ3) is 4.27. The minimum atomic E-state index is -0.587. The molecule has 2 aromatic carbocycles. The van der Waals surface area contributed by atoms with Crippen molar-refractivity contribution in [1.82, 2.24) is 9.97 Å². The third-order valence-corrected chi connectivity index (χ3v) is 3.70. The van der Waals surface area contributed by atoms with Crippen molar-refractivity contribution in [1.29, 1.82) is 0 Å². The Morgan fingerprint density at radius 1 is 1.12 bits per heavy atom. The molecule has 7 heteroatoms. The summed E-state index contributed by atoms with van der Waals surface area (Å²) in [6.45, 7) is 0.514. The Labute approximate surface area is 151 Å². The van der Waals surface area contributed by atoms with Crippen LogP contribution in [0.4, 0.5) is 17.5 Å². The molecule has 1 amide bonds. The van der Waals surface area contributed by atoms with E-state index in [-0.39, 0.29) is 5.56 Å². The number of rotatable bonds is 7. The van der Waals surface area contributed by atoms with Crippen molar-refractivity contribution >= 4 is 23.4 Å². The molecule has 0 radical (unpaired) electrons. The number of anilines is 3. The number of carbonyl (C=O) groups is 1. The normalized spacial score (nSPS) is 10.2. The number of aromatic nitrogens is 2. The maximum absolute atomic E-state index is 11.6. The monoisotopic (exact) mass is 349 g/mol. The van der Waals surface area contributed by atoms with E-state index >= 15 is 0 Å². The quantitative estimate of drug-likeness (QED) is 0.606. The van der Waals surface area contributed by atoms with E-state index in [4.69, 9.17) is 10.5 Å². The van der Waals surface area contributed by atoms with Gasteiger partial charge in [-0.15, -0.1) is 0 Å². The highest BCUT2D eigenvalue weighted by molar-refractivity contribution is 5.97. The number of amides is 1. The SMILES string of the molecule is COc1ccc(Nc2ncc(C(N)=O)c(NCc3ccccc3)n2)cc1. The number of carbonyl (C=O) groups excluding carboxylic acids is 1. The van der Waals surface area contributed by atoms with E-state index in [1.54, 1.807) is 7.11 Å². The van der Waals surface area contributed by atoms with Crippen molar-refractivity contribution in [3.8, 4) is 5.75 Å². The summed E-state index contributed by atoms with van der Waals surface area (Å²) in [6.07, 6.45) is 1.41. The van der Waals surface area contributed by atoms with E-state index in [2.05, 4.69) is 20.6 Å². The minimum Gasteiger partial charge on any atom is -0.497 e. The van der Waals surface area contributed by atoms with Crippen molar-refractivity contribution < 1.29 is 9.53 Å². The Kier molecular flexibility index (Phi) is 5.28. The van der Waals surface area contributed by atoms with Crippen LogP contribution in [0.3, 0.4) is 0 Å². The number of methoxy groups -OCH3 is 1. The summed E-state index contributed by atoms with van der Waals surface area (Å²) < 4.78 is 5.13. The fourth-order valence-electron chi connectivity index (χ4n) is 2.34. The molecule has 4 N–H and O–H groups in total. The summed E-state index contributed by atoms with van der Waals surface area (Å²) in [5.74, 6) is 0.908. The van der Waals surface area contributed by atoms with Crippen molar-refractivity contribution in [3.05, 3.63) is 71.9 Å². The van der Waals surface area contributed by atoms with Crippen molar-refractivity contribution in [3.63, 3.8) is 0 Å². The van der Waals surface area contributed by atoms with E-state index in [0.717, 1.165) is 17.0 Å². The van der Waals surface area contributed by atoms with Gasteiger partial charge in [0.15, 0.2) is 0 Å². The van der Waals surface area contributed by atoms with Crippen LogP contribution < -0.4 is 21.1 Å². The van der Waals surface area contributed by atoms with Crippen LogP contribution in [0.25, 0.3) is 0 Å². The van der Waals surface area contributed by atoms with Gasteiger partial charge in [0.2, 0.25) is 5.95 Å². The third-order valence-electron chi connectivity index (χ3n) is 3.70. The largest absolute Gasteiger partial charge is 0.497 e. The van der Waals surface area contributed by atoms with Gasteiger partial charge in [-0.1, -0.05) is 30.3 Å². The fraction of sp³-hybridized carbons (Fsp3) is 0.105. The zero-order valence-electron chi connectivity index (χ0n) is 14.3. The summed E-state index contributed by atoms with van der Waals surface area (Å²) in [4.78, 5) is 20.2. The van der Waals surface area contributed by atoms with E-state index in [9.17, 15) is 4.79 Å². The maximum atomic E-state index is 11.6. The van der Waals surface area contributed by atoms with Gasteiger partial charge in [0.25, 0.3) is 5.91 Å². The average Bonchev–Trinajstić information content (AvgIpc) is 2.68. The molecule has 3 aromatic rings. The van der Waals surface area contributed by atoms with Gasteiger partial charge in [0.05, 0.1) is 12.7 Å². The summed E-state index contributed by atoms with van der Waals surface area (Å²) in [5, 5.41) is 6.23. The van der Waals surface area contributed by atoms with Crippen molar-refractivity contribution in [2.75, 3.05) is 17.7 Å². The molecule has 0 bridgehead atoms. The molecule has 0 atom stereocenters. The van der Waals surface area contributed by atoms with Crippen molar-refractivity contribution in [2.45, 2.75) is 6.54 Å². The molecule has 0 saturated heterocycles. The first-order valence-electron chi connectivity index (χ1n) is 8.01. The molecule has 0 saturated carbocycles. The maximum Gasteiger partial charge on any atom is 0.254 e. The molecule has 26 heavy (non-hydrogen) atoms. The highest BCUT2D eigenvalue weighted by Gasteiger charge is 2.12. The summed E-state index contributed by atoms with van der Waals surface area (Å²) in [5.41, 5.74) is 7.52. The van der Waals surface area contributed by atoms with Gasteiger partial charge in [-0.2, -0.15) is 4.98 Å². The second-order valence-electron chi connectivity index (χ2n) is 5.51. The van der Waals surface area contributed by atoms with Crippen LogP contribution in [0, 0.1) is 0 Å². The van der Waals surface area contributed by atoms with E-state index in [0.29, 0.717) is 18.3 Å². The average molecular weight is 349 g/mol. The first kappa shape index (κ1) is 17.2. The fourth-order valence-corrected chi connectivity index (χ4v) is 2.34. The molecule has 7 nitrogen and oxygen atoms in total. The van der Waals surface area contributed by atoms with Gasteiger partial charge in [-0.05, 0) is 29.8 Å². The van der Waals surface area contributed by atoms with Gasteiger partial charge in [0, 0.05) is 18.4 Å². The Bertz CT molecular complexity index is 882. The number of hydrogen-bond acceptors (Lipinski definition) is 6. The van der Waals surface area contributed by atoms with Gasteiger partial charge in [-0.25, -0.2) is 4.98 Å². The molecule has 0 fully saturated rings. The van der Waals surface area contributed by atoms with Gasteiger partial charge >= 0.3 is 0 Å². The van der Waals surface area contributed by atoms with Crippen LogP contribution in [-0.2, 0) is 6.54 Å². The summed E-state index contributed by atoms with van der Waals surface area (Å²) in [7, 11) is 1.61. The first-order valence-corrected chi connectivity index (χ1v) is 8.01. The Morgan fingerprint density at radius 3 is 2.50 bits per heavy atom. The summed E-state index contributed by atoms with van der Waals surface area (Å²) in [6, 6.07) is 17.2. The molecule has 0 unspecified atom stereocenters. The lowest BCUT2D eigenvalue weighted by Crippen LogP contribution is -2.17. The molecule has 0 spiro atoms. The molecule has 1 aromatic heterocycles.